The van der Waals surface area contributed by atoms with Gasteiger partial charge in [-0.05, 0) is 13.8 Å². The lowest BCUT2D eigenvalue weighted by Crippen LogP contribution is -2.35. The standard InChI is InChI=1S/C8H15N3O7/c1-3-10(5-7(12)13)11(15)9-18-6-17-8(14)16-4-2/h3-6H2,1-2H3,(H,12,13)/b11-9-. The van der Waals surface area contributed by atoms with E-state index in [1.54, 1.807) is 13.8 Å². The maximum atomic E-state index is 11.2. The van der Waals surface area contributed by atoms with E-state index in [2.05, 4.69) is 19.6 Å². The molecule has 0 bridgehead atoms. The molecule has 0 radical (unpaired) electrons. The topological polar surface area (TPSA) is 124 Å². The molecule has 10 nitrogen and oxygen atoms in total. The third-order valence-corrected chi connectivity index (χ3v) is 1.54. The fourth-order valence-corrected chi connectivity index (χ4v) is 0.808. The Morgan fingerprint density at radius 2 is 2.06 bits per heavy atom. The lowest BCUT2D eigenvalue weighted by Gasteiger charge is -2.13. The molecule has 18 heavy (non-hydrogen) atoms. The van der Waals surface area contributed by atoms with E-state index in [-0.39, 0.29) is 18.1 Å². The molecular weight excluding hydrogens is 250 g/mol. The SMILES string of the molecule is CCOC(=O)OCO/N=[N+](\[O-])N(CC)CC(=O)O. The van der Waals surface area contributed by atoms with E-state index in [9.17, 15) is 14.8 Å². The second kappa shape index (κ2) is 8.84. The van der Waals surface area contributed by atoms with Gasteiger partial charge in [0.25, 0.3) is 6.79 Å². The first kappa shape index (κ1) is 15.7. The van der Waals surface area contributed by atoms with Gasteiger partial charge in [0.15, 0.2) is 6.54 Å². The summed E-state index contributed by atoms with van der Waals surface area (Å²) in [5.41, 5.74) is 0. The van der Waals surface area contributed by atoms with E-state index >= 15 is 0 Å². The Morgan fingerprint density at radius 3 is 2.56 bits per heavy atom. The van der Waals surface area contributed by atoms with Crippen LogP contribution in [0.3, 0.4) is 0 Å². The van der Waals surface area contributed by atoms with Gasteiger partial charge in [0, 0.05) is 0 Å². The van der Waals surface area contributed by atoms with Crippen LogP contribution in [0.5, 0.6) is 0 Å². The van der Waals surface area contributed by atoms with Gasteiger partial charge in [-0.1, -0.05) is 0 Å². The molecule has 10 heteroatoms. The highest BCUT2D eigenvalue weighted by atomic mass is 16.8. The first-order valence-electron chi connectivity index (χ1n) is 5.07. The fourth-order valence-electron chi connectivity index (χ4n) is 0.808. The van der Waals surface area contributed by atoms with Gasteiger partial charge in [-0.15, -0.1) is 5.01 Å². The van der Waals surface area contributed by atoms with Crippen molar-refractivity contribution in [3.63, 3.8) is 0 Å². The molecule has 0 atom stereocenters. The molecule has 0 aliphatic heterocycles. The van der Waals surface area contributed by atoms with Gasteiger partial charge in [0.05, 0.1) is 18.1 Å². The van der Waals surface area contributed by atoms with Gasteiger partial charge in [-0.2, -0.15) is 0 Å². The van der Waals surface area contributed by atoms with Crippen LogP contribution in [0.4, 0.5) is 4.79 Å². The van der Waals surface area contributed by atoms with Crippen molar-refractivity contribution in [2.24, 2.45) is 5.28 Å². The highest BCUT2D eigenvalue weighted by Gasteiger charge is 2.14. The largest absolute Gasteiger partial charge is 0.569 e. The minimum Gasteiger partial charge on any atom is -0.569 e. The Hall–Kier alpha value is -2.26. The maximum Gasteiger partial charge on any atom is 0.511 e. The maximum absolute atomic E-state index is 11.2. The van der Waals surface area contributed by atoms with Crippen LogP contribution in [-0.2, 0) is 19.1 Å². The summed E-state index contributed by atoms with van der Waals surface area (Å²) in [6.07, 6.45) is -0.956. The second-order valence-corrected chi connectivity index (χ2v) is 2.78. The summed E-state index contributed by atoms with van der Waals surface area (Å²) in [6, 6.07) is 0. The van der Waals surface area contributed by atoms with Crippen molar-refractivity contribution >= 4 is 12.1 Å². The van der Waals surface area contributed by atoms with Gasteiger partial charge >= 0.3 is 12.1 Å². The average molecular weight is 265 g/mol. The molecule has 0 aromatic rings. The Labute approximate surface area is 103 Å². The zero-order chi connectivity index (χ0) is 14.0. The molecule has 0 amide bonds. The highest BCUT2D eigenvalue weighted by molar-refractivity contribution is 5.68. The number of carboxylic acid groups (broad SMARTS) is 1. The Bertz CT molecular complexity index is 307. The average Bonchev–Trinajstić information content (AvgIpc) is 2.31. The minimum absolute atomic E-state index is 0.0391. The molecule has 104 valence electrons. The molecule has 0 aliphatic carbocycles. The van der Waals surface area contributed by atoms with Crippen molar-refractivity contribution in [2.45, 2.75) is 13.8 Å². The van der Waals surface area contributed by atoms with Gasteiger partial charge in [0.1, 0.15) is 0 Å². The molecule has 0 aliphatic rings. The zero-order valence-corrected chi connectivity index (χ0v) is 10.1. The molecular formula is C8H15N3O7. The van der Waals surface area contributed by atoms with E-state index in [4.69, 9.17) is 5.11 Å². The minimum atomic E-state index is -1.18. The Kier molecular flexibility index (Phi) is 7.73. The molecule has 0 aromatic carbocycles. The van der Waals surface area contributed by atoms with Crippen molar-refractivity contribution in [1.29, 1.82) is 0 Å². The van der Waals surface area contributed by atoms with Crippen LogP contribution in [0.2, 0.25) is 0 Å². The summed E-state index contributed by atoms with van der Waals surface area (Å²) < 4.78 is 8.76. The number of hydrogen-bond donors (Lipinski definition) is 1. The number of carbonyl (C=O) groups excluding carboxylic acids is 1. The summed E-state index contributed by atoms with van der Waals surface area (Å²) in [6.45, 7) is 2.30. The van der Waals surface area contributed by atoms with Gasteiger partial charge in [-0.25, -0.2) is 4.79 Å². The normalized spacial score (nSPS) is 10.7. The van der Waals surface area contributed by atoms with Crippen molar-refractivity contribution in [3.8, 4) is 0 Å². The second-order valence-electron chi connectivity index (χ2n) is 2.78. The summed E-state index contributed by atoms with van der Waals surface area (Å²) in [5, 5.41) is 23.5. The summed E-state index contributed by atoms with van der Waals surface area (Å²) >= 11 is 0. The van der Waals surface area contributed by atoms with Gasteiger partial charge < -0.3 is 24.6 Å². The van der Waals surface area contributed by atoms with E-state index < -0.39 is 25.5 Å². The predicted molar refractivity (Wildman–Crippen MR) is 55.0 cm³/mol. The molecule has 0 fully saturated rings. The van der Waals surface area contributed by atoms with Crippen molar-refractivity contribution in [1.82, 2.24) is 5.01 Å². The molecule has 0 aromatic heterocycles. The molecule has 0 saturated carbocycles. The Morgan fingerprint density at radius 1 is 1.39 bits per heavy atom. The van der Waals surface area contributed by atoms with Crippen LogP contribution in [0.1, 0.15) is 13.8 Å². The first-order valence-corrected chi connectivity index (χ1v) is 5.07. The quantitative estimate of drug-likeness (QED) is 0.166. The van der Waals surface area contributed by atoms with Crippen molar-refractivity contribution in [2.75, 3.05) is 26.5 Å². The van der Waals surface area contributed by atoms with Crippen molar-refractivity contribution < 1.29 is 34.0 Å². The number of nitrogens with zero attached hydrogens (tertiary/aromatic N) is 3. The van der Waals surface area contributed by atoms with E-state index in [0.29, 0.717) is 0 Å². The fraction of sp³-hybridized carbons (Fsp3) is 0.750. The molecule has 1 N–H and O–H groups in total. The zero-order valence-electron chi connectivity index (χ0n) is 10.1. The van der Waals surface area contributed by atoms with Crippen LogP contribution in [0, 0.1) is 5.21 Å². The van der Waals surface area contributed by atoms with E-state index in [1.807, 2.05) is 0 Å². The molecule has 0 spiro atoms. The number of aliphatic carboxylic acids is 1. The van der Waals surface area contributed by atoms with Gasteiger partial charge in [-0.3, -0.25) is 4.79 Å². The lowest BCUT2D eigenvalue weighted by atomic mass is 10.6. The molecule has 0 rings (SSSR count). The predicted octanol–water partition coefficient (Wildman–Crippen LogP) is 0.333. The summed E-state index contributed by atoms with van der Waals surface area (Å²) in [7, 11) is 0. The number of likely N-dealkylation sites (N-methyl/N-ethyl adjacent to an activating group) is 1. The Balaban J connectivity index is 4.01. The van der Waals surface area contributed by atoms with Crippen LogP contribution >= 0.6 is 0 Å². The lowest BCUT2D eigenvalue weighted by molar-refractivity contribution is -0.709. The van der Waals surface area contributed by atoms with E-state index in [1.165, 1.54) is 0 Å². The monoisotopic (exact) mass is 265 g/mol. The van der Waals surface area contributed by atoms with E-state index in [0.717, 1.165) is 5.01 Å². The smallest absolute Gasteiger partial charge is 0.511 e. The number of hydrazine groups is 1. The van der Waals surface area contributed by atoms with Crippen molar-refractivity contribution in [3.05, 3.63) is 5.21 Å². The third-order valence-electron chi connectivity index (χ3n) is 1.54. The van der Waals surface area contributed by atoms with Crippen LogP contribution in [-0.4, -0.2) is 53.7 Å². The summed E-state index contributed by atoms with van der Waals surface area (Å²) in [4.78, 5) is 25.4. The first-order chi connectivity index (χ1) is 8.51. The number of rotatable bonds is 8. The summed E-state index contributed by atoms with van der Waals surface area (Å²) in [5.74, 6) is -1.18. The van der Waals surface area contributed by atoms with Crippen LogP contribution in [0.15, 0.2) is 5.28 Å². The molecule has 0 saturated heterocycles. The highest BCUT2D eigenvalue weighted by Crippen LogP contribution is 1.92. The van der Waals surface area contributed by atoms with Crippen LogP contribution < -0.4 is 0 Å². The number of hydrogen-bond acceptors (Lipinski definition) is 7. The molecule has 0 heterocycles. The number of carboxylic acids is 1. The molecule has 0 unspecified atom stereocenters. The van der Waals surface area contributed by atoms with Crippen LogP contribution in [0.25, 0.3) is 0 Å². The van der Waals surface area contributed by atoms with Gasteiger partial charge in [0.2, 0.25) is 5.28 Å². The third kappa shape index (κ3) is 7.09. The number of ether oxygens (including phenoxy) is 2. The number of carbonyl (C=O) groups is 2.